The number of nitro groups is 1. The molecule has 0 bridgehead atoms. The van der Waals surface area contributed by atoms with Gasteiger partial charge in [-0.05, 0) is 12.5 Å². The highest BCUT2D eigenvalue weighted by Crippen LogP contribution is 2.33. The van der Waals surface area contributed by atoms with E-state index in [0.717, 1.165) is 0 Å². The number of Topliss-reactive ketones (excluding diaryl/α,β-unsaturated/α-hetero) is 1. The highest BCUT2D eigenvalue weighted by atomic mass is 16.6. The molecular weight excluding hydrogens is 210 g/mol. The van der Waals surface area contributed by atoms with Crippen molar-refractivity contribution in [2.24, 2.45) is 0 Å². The summed E-state index contributed by atoms with van der Waals surface area (Å²) in [5, 5.41) is 10.8. The summed E-state index contributed by atoms with van der Waals surface area (Å²) in [4.78, 5) is 21.1. The first-order valence-electron chi connectivity index (χ1n) is 5.00. The van der Waals surface area contributed by atoms with Crippen LogP contribution in [-0.4, -0.2) is 16.8 Å². The van der Waals surface area contributed by atoms with Gasteiger partial charge in [-0.2, -0.15) is 0 Å². The molecule has 1 aliphatic carbocycles. The maximum atomic E-state index is 10.8. The maximum Gasteiger partial charge on any atom is 0.311 e. The van der Waals surface area contributed by atoms with Crippen LogP contribution >= 0.6 is 0 Å². The Labute approximate surface area is 92.2 Å². The molecule has 0 heterocycles. The van der Waals surface area contributed by atoms with Crippen molar-refractivity contribution in [3.05, 3.63) is 33.9 Å². The van der Waals surface area contributed by atoms with E-state index in [1.807, 2.05) is 0 Å². The van der Waals surface area contributed by atoms with Crippen LogP contribution in [0, 0.1) is 17.0 Å². The number of ether oxygens (including phenoxy) is 1. The second-order valence-corrected chi connectivity index (χ2v) is 3.87. The highest BCUT2D eigenvalue weighted by molar-refractivity contribution is 5.85. The number of hydrogen-bond donors (Lipinski definition) is 0. The summed E-state index contributed by atoms with van der Waals surface area (Å²) in [5.74, 6) is 0.422. The van der Waals surface area contributed by atoms with E-state index in [-0.39, 0.29) is 23.3 Å². The monoisotopic (exact) mass is 221 g/mol. The van der Waals surface area contributed by atoms with Crippen LogP contribution in [0.4, 0.5) is 5.69 Å². The van der Waals surface area contributed by atoms with Gasteiger partial charge in [0.25, 0.3) is 0 Å². The van der Waals surface area contributed by atoms with Crippen LogP contribution in [0.2, 0.25) is 0 Å². The lowest BCUT2D eigenvalue weighted by molar-refractivity contribution is -0.386. The minimum absolute atomic E-state index is 0.0423. The predicted octanol–water partition coefficient (Wildman–Crippen LogP) is 2.01. The number of benzene rings is 1. The van der Waals surface area contributed by atoms with Crippen molar-refractivity contribution in [3.8, 4) is 5.75 Å². The van der Waals surface area contributed by atoms with E-state index in [2.05, 4.69) is 0 Å². The van der Waals surface area contributed by atoms with E-state index in [9.17, 15) is 14.9 Å². The molecule has 1 aromatic rings. The van der Waals surface area contributed by atoms with E-state index >= 15 is 0 Å². The first-order valence-corrected chi connectivity index (χ1v) is 5.00. The molecule has 0 atom stereocenters. The molecule has 1 saturated carbocycles. The van der Waals surface area contributed by atoms with Crippen molar-refractivity contribution in [2.75, 3.05) is 0 Å². The average Bonchev–Trinajstić information content (AvgIpc) is 2.18. The quantitative estimate of drug-likeness (QED) is 0.578. The molecule has 5 nitrogen and oxygen atoms in total. The molecule has 0 radical (unpaired) electrons. The number of nitro benzene ring substituents is 1. The Kier molecular flexibility index (Phi) is 2.60. The Morgan fingerprint density at radius 3 is 2.69 bits per heavy atom. The maximum absolute atomic E-state index is 10.8. The number of para-hydroxylation sites is 1. The second kappa shape index (κ2) is 3.92. The second-order valence-electron chi connectivity index (χ2n) is 3.87. The van der Waals surface area contributed by atoms with Gasteiger partial charge in [-0.25, -0.2) is 0 Å². The molecule has 0 unspecified atom stereocenters. The van der Waals surface area contributed by atoms with E-state index in [4.69, 9.17) is 4.74 Å². The van der Waals surface area contributed by atoms with E-state index in [1.165, 1.54) is 6.07 Å². The van der Waals surface area contributed by atoms with Gasteiger partial charge in [0.2, 0.25) is 0 Å². The number of aryl methyl sites for hydroxylation is 1. The first-order chi connectivity index (χ1) is 7.58. The van der Waals surface area contributed by atoms with E-state index in [1.54, 1.807) is 19.1 Å². The van der Waals surface area contributed by atoms with Crippen molar-refractivity contribution < 1.29 is 14.5 Å². The van der Waals surface area contributed by atoms with Crippen molar-refractivity contribution in [2.45, 2.75) is 25.9 Å². The van der Waals surface area contributed by atoms with Crippen LogP contribution in [-0.2, 0) is 4.79 Å². The lowest BCUT2D eigenvalue weighted by atomic mass is 9.94. The Balaban J connectivity index is 2.24. The fourth-order valence-electron chi connectivity index (χ4n) is 1.63. The Morgan fingerprint density at radius 1 is 1.44 bits per heavy atom. The zero-order chi connectivity index (χ0) is 11.7. The summed E-state index contributed by atoms with van der Waals surface area (Å²) in [7, 11) is 0. The molecule has 0 aromatic heterocycles. The normalized spacial score (nSPS) is 15.7. The minimum atomic E-state index is -0.469. The predicted molar refractivity (Wildman–Crippen MR) is 56.5 cm³/mol. The van der Waals surface area contributed by atoms with Gasteiger partial charge in [-0.3, -0.25) is 14.9 Å². The summed E-state index contributed by atoms with van der Waals surface area (Å²) in [5.41, 5.74) is 0.674. The topological polar surface area (TPSA) is 69.4 Å². The molecule has 2 rings (SSSR count). The third-order valence-corrected chi connectivity index (χ3v) is 2.58. The summed E-state index contributed by atoms with van der Waals surface area (Å²) < 4.78 is 5.48. The van der Waals surface area contributed by atoms with Crippen LogP contribution in [0.5, 0.6) is 5.75 Å². The first kappa shape index (κ1) is 10.6. The van der Waals surface area contributed by atoms with Gasteiger partial charge in [0, 0.05) is 18.9 Å². The van der Waals surface area contributed by atoms with Gasteiger partial charge in [0.1, 0.15) is 11.9 Å². The van der Waals surface area contributed by atoms with E-state index in [0.29, 0.717) is 18.4 Å². The number of hydrogen-bond acceptors (Lipinski definition) is 4. The zero-order valence-electron chi connectivity index (χ0n) is 8.80. The molecule has 0 amide bonds. The van der Waals surface area contributed by atoms with Gasteiger partial charge in [0.15, 0.2) is 5.75 Å². The summed E-state index contributed by atoms with van der Waals surface area (Å²) in [6.45, 7) is 1.75. The smallest absolute Gasteiger partial charge is 0.311 e. The number of carbonyl (C=O) groups excluding carboxylic acids is 1. The van der Waals surface area contributed by atoms with Gasteiger partial charge in [-0.15, -0.1) is 0 Å². The standard InChI is InChI=1S/C11H11NO4/c1-7-3-2-4-10(12(14)15)11(7)16-9-5-8(13)6-9/h2-4,9H,5-6H2,1H3. The largest absolute Gasteiger partial charge is 0.482 e. The fraction of sp³-hybridized carbons (Fsp3) is 0.364. The van der Waals surface area contributed by atoms with Crippen molar-refractivity contribution in [1.82, 2.24) is 0 Å². The number of nitrogens with zero attached hydrogens (tertiary/aromatic N) is 1. The number of carbonyl (C=O) groups is 1. The summed E-state index contributed by atoms with van der Waals surface area (Å²) in [6.07, 6.45) is 0.504. The number of ketones is 1. The summed E-state index contributed by atoms with van der Waals surface area (Å²) in [6, 6.07) is 4.78. The van der Waals surface area contributed by atoms with Crippen LogP contribution < -0.4 is 4.74 Å². The van der Waals surface area contributed by atoms with Crippen LogP contribution in [0.25, 0.3) is 0 Å². The molecule has 0 spiro atoms. The highest BCUT2D eigenvalue weighted by Gasteiger charge is 2.31. The molecule has 1 fully saturated rings. The third-order valence-electron chi connectivity index (χ3n) is 2.58. The SMILES string of the molecule is Cc1cccc([N+](=O)[O-])c1OC1CC(=O)C1. The van der Waals surface area contributed by atoms with Gasteiger partial charge in [0.05, 0.1) is 4.92 Å². The van der Waals surface area contributed by atoms with E-state index < -0.39 is 4.92 Å². The zero-order valence-corrected chi connectivity index (χ0v) is 8.80. The Morgan fingerprint density at radius 2 is 2.12 bits per heavy atom. The van der Waals surface area contributed by atoms with Crippen LogP contribution in [0.15, 0.2) is 18.2 Å². The number of rotatable bonds is 3. The van der Waals surface area contributed by atoms with Crippen LogP contribution in [0.3, 0.4) is 0 Å². The Bertz CT molecular complexity index is 447. The minimum Gasteiger partial charge on any atom is -0.482 e. The van der Waals surface area contributed by atoms with Gasteiger partial charge in [-0.1, -0.05) is 12.1 Å². The lowest BCUT2D eigenvalue weighted by Crippen LogP contribution is -2.34. The van der Waals surface area contributed by atoms with Gasteiger partial charge >= 0.3 is 5.69 Å². The fourth-order valence-corrected chi connectivity index (χ4v) is 1.63. The van der Waals surface area contributed by atoms with Crippen LogP contribution in [0.1, 0.15) is 18.4 Å². The van der Waals surface area contributed by atoms with Crippen molar-refractivity contribution in [1.29, 1.82) is 0 Å². The lowest BCUT2D eigenvalue weighted by Gasteiger charge is -2.25. The molecule has 16 heavy (non-hydrogen) atoms. The molecule has 1 aromatic carbocycles. The van der Waals surface area contributed by atoms with Crippen molar-refractivity contribution >= 4 is 11.5 Å². The third kappa shape index (κ3) is 1.88. The molecular formula is C11H11NO4. The average molecular weight is 221 g/mol. The van der Waals surface area contributed by atoms with Gasteiger partial charge < -0.3 is 4.74 Å². The van der Waals surface area contributed by atoms with Crippen molar-refractivity contribution in [3.63, 3.8) is 0 Å². The molecule has 0 aliphatic heterocycles. The Hall–Kier alpha value is -1.91. The molecule has 0 N–H and O–H groups in total. The molecule has 5 heteroatoms. The molecule has 84 valence electrons. The summed E-state index contributed by atoms with van der Waals surface area (Å²) >= 11 is 0. The molecule has 1 aliphatic rings. The molecule has 0 saturated heterocycles.